The Kier molecular flexibility index (Phi) is 2.60. The van der Waals surface area contributed by atoms with Gasteiger partial charge in [-0.3, -0.25) is 0 Å². The lowest BCUT2D eigenvalue weighted by atomic mass is 9.99. The van der Waals surface area contributed by atoms with E-state index in [1.54, 1.807) is 6.07 Å². The van der Waals surface area contributed by atoms with Crippen molar-refractivity contribution in [2.45, 2.75) is 19.3 Å². The fourth-order valence-corrected chi connectivity index (χ4v) is 2.38. The average molecular weight is 261 g/mol. The maximum Gasteiger partial charge on any atom is 0.159 e. The molecule has 76 valence electrons. The van der Waals surface area contributed by atoms with Gasteiger partial charge < -0.3 is 0 Å². The molecule has 0 bridgehead atoms. The molecule has 0 spiro atoms. The van der Waals surface area contributed by atoms with Crippen LogP contribution in [0.4, 0.5) is 8.78 Å². The molecule has 1 aromatic carbocycles. The van der Waals surface area contributed by atoms with Crippen molar-refractivity contribution >= 4 is 15.9 Å². The van der Waals surface area contributed by atoms with Crippen molar-refractivity contribution in [2.75, 3.05) is 5.33 Å². The van der Waals surface area contributed by atoms with E-state index in [0.29, 0.717) is 5.41 Å². The summed E-state index contributed by atoms with van der Waals surface area (Å²) in [6, 6.07) is 4.17. The molecule has 1 fully saturated rings. The number of alkyl halides is 1. The van der Waals surface area contributed by atoms with Gasteiger partial charge in [-0.25, -0.2) is 8.78 Å². The summed E-state index contributed by atoms with van der Waals surface area (Å²) in [6.07, 6.45) is 3.20. The van der Waals surface area contributed by atoms with E-state index in [1.807, 2.05) is 0 Å². The van der Waals surface area contributed by atoms with Crippen molar-refractivity contribution in [1.82, 2.24) is 0 Å². The second-order valence-electron chi connectivity index (χ2n) is 4.06. The van der Waals surface area contributed by atoms with E-state index in [9.17, 15) is 8.78 Å². The smallest absolute Gasteiger partial charge is 0.159 e. The summed E-state index contributed by atoms with van der Waals surface area (Å²) in [4.78, 5) is 0. The van der Waals surface area contributed by atoms with Crippen LogP contribution in [0.1, 0.15) is 18.4 Å². The van der Waals surface area contributed by atoms with Crippen LogP contribution in [0, 0.1) is 17.0 Å². The Bertz CT molecular complexity index is 345. The highest BCUT2D eigenvalue weighted by Crippen LogP contribution is 2.49. The molecular formula is C11H11BrF2. The van der Waals surface area contributed by atoms with Gasteiger partial charge in [0.05, 0.1) is 0 Å². The SMILES string of the molecule is Fc1ccc(CC2(CBr)CC2)cc1F. The maximum absolute atomic E-state index is 12.9. The van der Waals surface area contributed by atoms with Crippen LogP contribution in [0.25, 0.3) is 0 Å². The molecule has 0 saturated heterocycles. The minimum atomic E-state index is -0.766. The topological polar surface area (TPSA) is 0 Å². The third-order valence-electron chi connectivity index (χ3n) is 2.80. The predicted octanol–water partition coefficient (Wildman–Crippen LogP) is 3.68. The zero-order valence-electron chi connectivity index (χ0n) is 7.69. The average Bonchev–Trinajstić information content (AvgIpc) is 2.93. The van der Waals surface area contributed by atoms with Gasteiger partial charge in [0.15, 0.2) is 11.6 Å². The molecule has 3 heteroatoms. The monoisotopic (exact) mass is 260 g/mol. The first kappa shape index (κ1) is 10.1. The van der Waals surface area contributed by atoms with Crippen molar-refractivity contribution in [3.63, 3.8) is 0 Å². The molecule has 1 aliphatic rings. The molecule has 1 saturated carbocycles. The Morgan fingerprint density at radius 2 is 1.93 bits per heavy atom. The van der Waals surface area contributed by atoms with Crippen molar-refractivity contribution in [2.24, 2.45) is 5.41 Å². The van der Waals surface area contributed by atoms with Gasteiger partial charge in [-0.2, -0.15) is 0 Å². The minimum Gasteiger partial charge on any atom is -0.204 e. The Balaban J connectivity index is 2.14. The first-order chi connectivity index (χ1) is 6.65. The normalized spacial score (nSPS) is 18.2. The lowest BCUT2D eigenvalue weighted by Crippen LogP contribution is -2.06. The van der Waals surface area contributed by atoms with Gasteiger partial charge in [0.1, 0.15) is 0 Å². The Hall–Kier alpha value is -0.440. The van der Waals surface area contributed by atoms with E-state index < -0.39 is 11.6 Å². The molecule has 2 rings (SSSR count). The summed E-state index contributed by atoms with van der Waals surface area (Å²) in [7, 11) is 0. The minimum absolute atomic E-state index is 0.310. The largest absolute Gasteiger partial charge is 0.204 e. The second-order valence-corrected chi connectivity index (χ2v) is 4.62. The van der Waals surface area contributed by atoms with E-state index in [2.05, 4.69) is 15.9 Å². The van der Waals surface area contributed by atoms with Crippen LogP contribution >= 0.6 is 15.9 Å². The first-order valence-electron chi connectivity index (χ1n) is 4.65. The van der Waals surface area contributed by atoms with Crippen LogP contribution in [-0.2, 0) is 6.42 Å². The molecule has 0 nitrogen and oxygen atoms in total. The van der Waals surface area contributed by atoms with Gasteiger partial charge in [0.25, 0.3) is 0 Å². The van der Waals surface area contributed by atoms with Crippen molar-refractivity contribution in [3.05, 3.63) is 35.4 Å². The lowest BCUT2D eigenvalue weighted by molar-refractivity contribution is 0.503. The van der Waals surface area contributed by atoms with E-state index in [-0.39, 0.29) is 0 Å². The van der Waals surface area contributed by atoms with E-state index in [0.717, 1.165) is 17.3 Å². The van der Waals surface area contributed by atoms with Gasteiger partial charge >= 0.3 is 0 Å². The lowest BCUT2D eigenvalue weighted by Gasteiger charge is -2.10. The summed E-state index contributed by atoms with van der Waals surface area (Å²) >= 11 is 3.46. The van der Waals surface area contributed by atoms with Crippen LogP contribution in [0.5, 0.6) is 0 Å². The highest BCUT2D eigenvalue weighted by Gasteiger charge is 2.41. The molecule has 0 aromatic heterocycles. The summed E-state index contributed by atoms with van der Waals surface area (Å²) in [6.45, 7) is 0. The molecule has 0 aliphatic heterocycles. The van der Waals surface area contributed by atoms with Crippen LogP contribution in [0.2, 0.25) is 0 Å². The summed E-state index contributed by atoms with van der Waals surface area (Å²) in [5.41, 5.74) is 1.20. The quantitative estimate of drug-likeness (QED) is 0.728. The molecule has 14 heavy (non-hydrogen) atoms. The van der Waals surface area contributed by atoms with E-state index in [1.165, 1.54) is 25.0 Å². The molecular weight excluding hydrogens is 250 g/mol. The highest BCUT2D eigenvalue weighted by molar-refractivity contribution is 9.09. The van der Waals surface area contributed by atoms with Crippen LogP contribution in [0.3, 0.4) is 0 Å². The van der Waals surface area contributed by atoms with Gasteiger partial charge in [-0.05, 0) is 42.4 Å². The van der Waals surface area contributed by atoms with E-state index >= 15 is 0 Å². The Morgan fingerprint density at radius 1 is 1.21 bits per heavy atom. The third kappa shape index (κ3) is 1.97. The zero-order valence-corrected chi connectivity index (χ0v) is 9.28. The summed E-state index contributed by atoms with van der Waals surface area (Å²) < 4.78 is 25.5. The number of hydrogen-bond acceptors (Lipinski definition) is 0. The summed E-state index contributed by atoms with van der Waals surface area (Å²) in [5, 5.41) is 0.943. The Labute approximate surface area is 90.4 Å². The van der Waals surface area contributed by atoms with Crippen LogP contribution < -0.4 is 0 Å². The third-order valence-corrected chi connectivity index (χ3v) is 3.99. The van der Waals surface area contributed by atoms with Gasteiger partial charge in [0.2, 0.25) is 0 Å². The van der Waals surface area contributed by atoms with Crippen LogP contribution in [0.15, 0.2) is 18.2 Å². The molecule has 1 aliphatic carbocycles. The van der Waals surface area contributed by atoms with E-state index in [4.69, 9.17) is 0 Å². The molecule has 0 heterocycles. The van der Waals surface area contributed by atoms with Gasteiger partial charge in [-0.15, -0.1) is 0 Å². The fraction of sp³-hybridized carbons (Fsp3) is 0.455. The molecule has 0 amide bonds. The molecule has 0 N–H and O–H groups in total. The standard InChI is InChI=1S/C11H11BrF2/c12-7-11(3-4-11)6-8-1-2-9(13)10(14)5-8/h1-2,5H,3-4,6-7H2. The van der Waals surface area contributed by atoms with Crippen molar-refractivity contribution in [1.29, 1.82) is 0 Å². The fourth-order valence-electron chi connectivity index (χ4n) is 1.62. The van der Waals surface area contributed by atoms with Crippen molar-refractivity contribution < 1.29 is 8.78 Å². The number of rotatable bonds is 3. The molecule has 0 unspecified atom stereocenters. The second kappa shape index (κ2) is 3.61. The van der Waals surface area contributed by atoms with Gasteiger partial charge in [-0.1, -0.05) is 22.0 Å². The van der Waals surface area contributed by atoms with Crippen molar-refractivity contribution in [3.8, 4) is 0 Å². The molecule has 0 radical (unpaired) electrons. The Morgan fingerprint density at radius 3 is 2.43 bits per heavy atom. The zero-order chi connectivity index (χ0) is 10.2. The molecule has 0 atom stereocenters. The van der Waals surface area contributed by atoms with Crippen LogP contribution in [-0.4, -0.2) is 5.33 Å². The number of benzene rings is 1. The molecule has 1 aromatic rings. The predicted molar refractivity (Wildman–Crippen MR) is 55.5 cm³/mol. The highest BCUT2D eigenvalue weighted by atomic mass is 79.9. The maximum atomic E-state index is 12.9. The summed E-state index contributed by atoms with van der Waals surface area (Å²) in [5.74, 6) is -1.51. The number of hydrogen-bond donors (Lipinski definition) is 0. The number of halogens is 3. The van der Waals surface area contributed by atoms with Gasteiger partial charge in [0, 0.05) is 5.33 Å². The first-order valence-corrected chi connectivity index (χ1v) is 5.77.